The first-order valence-electron chi connectivity index (χ1n) is 12.0. The van der Waals surface area contributed by atoms with E-state index in [1.165, 1.54) is 4.90 Å². The maximum Gasteiger partial charge on any atom is 0.261 e. The molecule has 0 atom stereocenters. The van der Waals surface area contributed by atoms with Crippen LogP contribution < -0.4 is 9.47 Å². The molecule has 4 aromatic carbocycles. The van der Waals surface area contributed by atoms with Crippen molar-refractivity contribution in [3.05, 3.63) is 131 Å². The first-order chi connectivity index (χ1) is 18.1. The molecule has 0 bridgehead atoms. The smallest absolute Gasteiger partial charge is 0.261 e. The average molecular weight is 494 g/mol. The van der Waals surface area contributed by atoms with Crippen molar-refractivity contribution in [2.45, 2.75) is 5.60 Å². The largest absolute Gasteiger partial charge is 0.497 e. The van der Waals surface area contributed by atoms with Gasteiger partial charge in [-0.15, -0.1) is 0 Å². The van der Waals surface area contributed by atoms with Gasteiger partial charge in [0, 0.05) is 0 Å². The number of hydrogen-bond acceptors (Lipinski definition) is 5. The van der Waals surface area contributed by atoms with Crippen LogP contribution in [0.2, 0.25) is 0 Å². The fourth-order valence-electron chi connectivity index (χ4n) is 4.81. The summed E-state index contributed by atoms with van der Waals surface area (Å²) in [5.41, 5.74) is 2.50. The molecule has 0 unspecified atom stereocenters. The molecule has 0 aromatic heterocycles. The van der Waals surface area contributed by atoms with E-state index in [0.29, 0.717) is 11.1 Å². The Balaban J connectivity index is 1.54. The molecule has 6 heteroatoms. The Morgan fingerprint density at radius 2 is 1.03 bits per heavy atom. The van der Waals surface area contributed by atoms with Crippen molar-refractivity contribution < 1.29 is 23.8 Å². The van der Waals surface area contributed by atoms with Gasteiger partial charge < -0.3 is 14.2 Å². The van der Waals surface area contributed by atoms with Gasteiger partial charge in [-0.2, -0.15) is 0 Å². The van der Waals surface area contributed by atoms with E-state index < -0.39 is 5.60 Å². The highest BCUT2D eigenvalue weighted by molar-refractivity contribution is 6.21. The highest BCUT2D eigenvalue weighted by atomic mass is 16.5. The first kappa shape index (κ1) is 24.3. The fraction of sp³-hybridized carbons (Fsp3) is 0.161. The van der Waals surface area contributed by atoms with E-state index in [0.717, 1.165) is 28.2 Å². The zero-order valence-electron chi connectivity index (χ0n) is 20.7. The van der Waals surface area contributed by atoms with E-state index in [9.17, 15) is 9.59 Å². The lowest BCUT2D eigenvalue weighted by Crippen LogP contribution is -2.38. The number of carbonyl (C=O) groups excluding carboxylic acids is 2. The Morgan fingerprint density at radius 1 is 0.595 bits per heavy atom. The molecule has 1 heterocycles. The zero-order valence-corrected chi connectivity index (χ0v) is 20.7. The van der Waals surface area contributed by atoms with Crippen LogP contribution in [0.3, 0.4) is 0 Å². The Morgan fingerprint density at radius 3 is 1.49 bits per heavy atom. The highest BCUT2D eigenvalue weighted by Crippen LogP contribution is 2.41. The van der Waals surface area contributed by atoms with Crippen LogP contribution >= 0.6 is 0 Å². The minimum Gasteiger partial charge on any atom is -0.497 e. The normalized spacial score (nSPS) is 13.0. The van der Waals surface area contributed by atoms with E-state index in [-0.39, 0.29) is 25.0 Å². The van der Waals surface area contributed by atoms with Gasteiger partial charge in [0.25, 0.3) is 11.8 Å². The number of methoxy groups -OCH3 is 2. The Labute approximate surface area is 216 Å². The molecule has 0 fully saturated rings. The average Bonchev–Trinajstić information content (AvgIpc) is 3.21. The van der Waals surface area contributed by atoms with E-state index in [2.05, 4.69) is 0 Å². The molecule has 2 amide bonds. The van der Waals surface area contributed by atoms with E-state index >= 15 is 0 Å². The summed E-state index contributed by atoms with van der Waals surface area (Å²) in [6.45, 7) is 0.242. The molecule has 6 nitrogen and oxygen atoms in total. The Bertz CT molecular complexity index is 1320. The maximum absolute atomic E-state index is 12.9. The molecule has 0 saturated carbocycles. The van der Waals surface area contributed by atoms with Crippen molar-refractivity contribution >= 4 is 11.8 Å². The van der Waals surface area contributed by atoms with Crippen molar-refractivity contribution in [2.75, 3.05) is 27.4 Å². The standard InChI is InChI=1S/C31H27NO5/c1-35-25-16-12-23(13-17-25)31(22-8-4-3-5-9-22,24-14-18-26(36-2)19-15-24)37-21-20-32-29(33)27-10-6-7-11-28(27)30(32)34/h3-19H,20-21H2,1-2H3. The topological polar surface area (TPSA) is 65.1 Å². The molecule has 186 valence electrons. The van der Waals surface area contributed by atoms with Crippen molar-refractivity contribution in [3.63, 3.8) is 0 Å². The summed E-state index contributed by atoms with van der Waals surface area (Å²) in [5, 5.41) is 0. The van der Waals surface area contributed by atoms with Gasteiger partial charge in [-0.1, -0.05) is 66.7 Å². The van der Waals surface area contributed by atoms with Crippen LogP contribution in [0, 0.1) is 0 Å². The summed E-state index contributed by atoms with van der Waals surface area (Å²) in [6, 6.07) is 32.2. The van der Waals surface area contributed by atoms with Gasteiger partial charge in [-0.05, 0) is 53.1 Å². The van der Waals surface area contributed by atoms with E-state index in [1.54, 1.807) is 38.5 Å². The third kappa shape index (κ3) is 4.36. The molecular formula is C31H27NO5. The lowest BCUT2D eigenvalue weighted by atomic mass is 9.80. The number of ether oxygens (including phenoxy) is 3. The number of hydrogen-bond donors (Lipinski definition) is 0. The molecule has 1 aliphatic rings. The molecule has 0 aliphatic carbocycles. The number of imide groups is 1. The molecule has 4 aromatic rings. The summed E-state index contributed by atoms with van der Waals surface area (Å²) < 4.78 is 17.5. The van der Waals surface area contributed by atoms with Gasteiger partial charge in [-0.3, -0.25) is 14.5 Å². The molecule has 1 aliphatic heterocycles. The van der Waals surface area contributed by atoms with Gasteiger partial charge in [-0.25, -0.2) is 0 Å². The van der Waals surface area contributed by atoms with Gasteiger partial charge in [0.1, 0.15) is 17.1 Å². The van der Waals surface area contributed by atoms with Gasteiger partial charge >= 0.3 is 0 Å². The van der Waals surface area contributed by atoms with Gasteiger partial charge in [0.15, 0.2) is 0 Å². The number of amides is 2. The number of rotatable bonds is 9. The Hall–Kier alpha value is -4.42. The van der Waals surface area contributed by atoms with Gasteiger partial charge in [0.05, 0.1) is 38.5 Å². The fourth-order valence-corrected chi connectivity index (χ4v) is 4.81. The summed E-state index contributed by atoms with van der Waals surface area (Å²) in [7, 11) is 3.25. The number of fused-ring (bicyclic) bond motifs is 1. The monoisotopic (exact) mass is 493 g/mol. The van der Waals surface area contributed by atoms with Crippen LogP contribution in [0.4, 0.5) is 0 Å². The highest BCUT2D eigenvalue weighted by Gasteiger charge is 2.39. The predicted octanol–water partition coefficient (Wildman–Crippen LogP) is 5.31. The van der Waals surface area contributed by atoms with Crippen LogP contribution in [0.15, 0.2) is 103 Å². The molecule has 5 rings (SSSR count). The quantitative estimate of drug-likeness (QED) is 0.234. The lowest BCUT2D eigenvalue weighted by Gasteiger charge is -2.36. The van der Waals surface area contributed by atoms with Crippen molar-refractivity contribution in [1.82, 2.24) is 4.90 Å². The van der Waals surface area contributed by atoms with Crippen molar-refractivity contribution in [2.24, 2.45) is 0 Å². The molecule has 37 heavy (non-hydrogen) atoms. The van der Waals surface area contributed by atoms with Crippen molar-refractivity contribution in [3.8, 4) is 11.5 Å². The maximum atomic E-state index is 12.9. The van der Waals surface area contributed by atoms with Crippen LogP contribution in [-0.4, -0.2) is 44.1 Å². The number of benzene rings is 4. The van der Waals surface area contributed by atoms with Crippen LogP contribution in [0.25, 0.3) is 0 Å². The number of nitrogens with zero attached hydrogens (tertiary/aromatic N) is 1. The third-order valence-electron chi connectivity index (χ3n) is 6.69. The Kier molecular flexibility index (Phi) is 6.75. The first-order valence-corrected chi connectivity index (χ1v) is 12.0. The lowest BCUT2D eigenvalue weighted by molar-refractivity contribution is 0.00334. The third-order valence-corrected chi connectivity index (χ3v) is 6.69. The summed E-state index contributed by atoms with van der Waals surface area (Å²) in [6.07, 6.45) is 0. The van der Waals surface area contributed by atoms with Crippen molar-refractivity contribution in [1.29, 1.82) is 0 Å². The summed E-state index contributed by atoms with van der Waals surface area (Å²) in [5.74, 6) is 0.852. The molecular weight excluding hydrogens is 466 g/mol. The van der Waals surface area contributed by atoms with Gasteiger partial charge in [0.2, 0.25) is 0 Å². The second-order valence-electron chi connectivity index (χ2n) is 8.66. The summed E-state index contributed by atoms with van der Waals surface area (Å²) >= 11 is 0. The minimum atomic E-state index is -1.02. The zero-order chi connectivity index (χ0) is 25.8. The second-order valence-corrected chi connectivity index (χ2v) is 8.66. The van der Waals surface area contributed by atoms with E-state index in [1.807, 2.05) is 78.9 Å². The van der Waals surface area contributed by atoms with E-state index in [4.69, 9.17) is 14.2 Å². The van der Waals surface area contributed by atoms with Crippen LogP contribution in [0.5, 0.6) is 11.5 Å². The molecule has 0 spiro atoms. The molecule has 0 saturated heterocycles. The minimum absolute atomic E-state index is 0.118. The van der Waals surface area contributed by atoms with Crippen LogP contribution in [-0.2, 0) is 10.3 Å². The number of carbonyl (C=O) groups is 2. The summed E-state index contributed by atoms with van der Waals surface area (Å²) in [4.78, 5) is 27.1. The molecule has 0 N–H and O–H groups in total. The van der Waals surface area contributed by atoms with Crippen LogP contribution in [0.1, 0.15) is 37.4 Å². The predicted molar refractivity (Wildman–Crippen MR) is 140 cm³/mol. The SMILES string of the molecule is COc1ccc(C(OCCN2C(=O)c3ccccc3C2=O)(c2ccccc2)c2ccc(OC)cc2)cc1. The molecule has 0 radical (unpaired) electrons. The second kappa shape index (κ2) is 10.3.